The molecular weight excluding hydrogens is 417 g/mol. The highest BCUT2D eigenvalue weighted by molar-refractivity contribution is 5.94. The molecule has 1 fully saturated rings. The topological polar surface area (TPSA) is 106 Å². The first-order valence-corrected chi connectivity index (χ1v) is 9.97. The van der Waals surface area contributed by atoms with E-state index in [1.165, 1.54) is 19.2 Å². The van der Waals surface area contributed by atoms with Crippen molar-refractivity contribution in [2.24, 2.45) is 0 Å². The van der Waals surface area contributed by atoms with Crippen molar-refractivity contribution in [2.45, 2.75) is 19.4 Å². The standard InChI is InChI=1S/C21H22FN7O3/c1-21(2)13-27(19(30)15-8-6-10-17(23-15)32-3)11-12-28(21)20(31)18-24-26-29(25-18)16-9-5-4-7-14(16)22/h4-10H,11-13H2,1-3H3. The van der Waals surface area contributed by atoms with E-state index in [1.807, 2.05) is 13.8 Å². The lowest BCUT2D eigenvalue weighted by Gasteiger charge is -2.46. The summed E-state index contributed by atoms with van der Waals surface area (Å²) in [6, 6.07) is 10.9. The molecule has 0 saturated carbocycles. The molecule has 4 rings (SSSR count). The van der Waals surface area contributed by atoms with Crippen LogP contribution in [0.25, 0.3) is 5.69 Å². The van der Waals surface area contributed by atoms with Gasteiger partial charge in [0.1, 0.15) is 11.4 Å². The summed E-state index contributed by atoms with van der Waals surface area (Å²) in [6.45, 7) is 4.58. The number of para-hydroxylation sites is 1. The Morgan fingerprint density at radius 2 is 1.84 bits per heavy atom. The molecule has 0 spiro atoms. The summed E-state index contributed by atoms with van der Waals surface area (Å²) in [5.74, 6) is -0.997. The second-order valence-electron chi connectivity index (χ2n) is 7.92. The molecule has 1 aliphatic rings. The number of aromatic nitrogens is 5. The molecule has 32 heavy (non-hydrogen) atoms. The second-order valence-corrected chi connectivity index (χ2v) is 7.92. The monoisotopic (exact) mass is 439 g/mol. The van der Waals surface area contributed by atoms with Gasteiger partial charge in [-0.3, -0.25) is 9.59 Å². The Morgan fingerprint density at radius 1 is 1.06 bits per heavy atom. The number of carbonyl (C=O) groups is 2. The van der Waals surface area contributed by atoms with Gasteiger partial charge >= 0.3 is 0 Å². The number of rotatable bonds is 4. The third kappa shape index (κ3) is 4.01. The van der Waals surface area contributed by atoms with Gasteiger partial charge in [-0.25, -0.2) is 9.37 Å². The van der Waals surface area contributed by atoms with Crippen LogP contribution < -0.4 is 4.74 Å². The number of methoxy groups -OCH3 is 1. The Kier molecular flexibility index (Phi) is 5.56. The van der Waals surface area contributed by atoms with Crippen molar-refractivity contribution in [1.29, 1.82) is 0 Å². The van der Waals surface area contributed by atoms with Crippen LogP contribution in [0.5, 0.6) is 5.88 Å². The molecule has 0 radical (unpaired) electrons. The fourth-order valence-corrected chi connectivity index (χ4v) is 3.65. The molecule has 2 aromatic heterocycles. The highest BCUT2D eigenvalue weighted by atomic mass is 19.1. The SMILES string of the molecule is COc1cccc(C(=O)N2CCN(C(=O)c3nnn(-c4ccccc4F)n3)C(C)(C)C2)n1. The van der Waals surface area contributed by atoms with Crippen molar-refractivity contribution in [3.05, 3.63) is 59.8 Å². The number of halogens is 1. The first kappa shape index (κ1) is 21.3. The van der Waals surface area contributed by atoms with E-state index < -0.39 is 17.3 Å². The van der Waals surface area contributed by atoms with Crippen LogP contribution in [0, 0.1) is 5.82 Å². The average Bonchev–Trinajstić information content (AvgIpc) is 3.28. The number of piperazine rings is 1. The van der Waals surface area contributed by atoms with E-state index in [-0.39, 0.29) is 36.2 Å². The van der Waals surface area contributed by atoms with Crippen molar-refractivity contribution in [3.8, 4) is 11.6 Å². The Morgan fingerprint density at radius 3 is 2.56 bits per heavy atom. The molecule has 0 bridgehead atoms. The minimum absolute atomic E-state index is 0.0968. The molecule has 0 N–H and O–H groups in total. The summed E-state index contributed by atoms with van der Waals surface area (Å²) in [5.41, 5.74) is -0.332. The lowest BCUT2D eigenvalue weighted by Crippen LogP contribution is -2.62. The predicted molar refractivity (Wildman–Crippen MR) is 111 cm³/mol. The van der Waals surface area contributed by atoms with Gasteiger partial charge in [-0.2, -0.15) is 0 Å². The lowest BCUT2D eigenvalue weighted by atomic mass is 9.98. The average molecular weight is 439 g/mol. The summed E-state index contributed by atoms with van der Waals surface area (Å²) < 4.78 is 19.1. The highest BCUT2D eigenvalue weighted by Crippen LogP contribution is 2.24. The van der Waals surface area contributed by atoms with E-state index in [1.54, 1.807) is 40.1 Å². The molecule has 1 saturated heterocycles. The third-order valence-electron chi connectivity index (χ3n) is 5.26. The third-order valence-corrected chi connectivity index (χ3v) is 5.26. The molecule has 3 aromatic rings. The number of ether oxygens (including phenoxy) is 1. The van der Waals surface area contributed by atoms with Gasteiger partial charge in [0.05, 0.1) is 12.6 Å². The van der Waals surface area contributed by atoms with Crippen LogP contribution >= 0.6 is 0 Å². The van der Waals surface area contributed by atoms with Crippen LogP contribution in [0.2, 0.25) is 0 Å². The molecule has 2 amide bonds. The van der Waals surface area contributed by atoms with E-state index in [0.29, 0.717) is 12.4 Å². The molecular formula is C21H22FN7O3. The van der Waals surface area contributed by atoms with E-state index in [4.69, 9.17) is 4.74 Å². The first-order valence-electron chi connectivity index (χ1n) is 9.97. The second kappa shape index (κ2) is 8.33. The number of pyridine rings is 1. The Hall–Kier alpha value is -3.89. The Labute approximate surface area is 183 Å². The van der Waals surface area contributed by atoms with Crippen LogP contribution in [-0.4, -0.2) is 79.1 Å². The number of carbonyl (C=O) groups excluding carboxylic acids is 2. The highest BCUT2D eigenvalue weighted by Gasteiger charge is 2.40. The van der Waals surface area contributed by atoms with E-state index in [0.717, 1.165) is 4.80 Å². The van der Waals surface area contributed by atoms with Crippen LogP contribution in [0.15, 0.2) is 42.5 Å². The summed E-state index contributed by atoms with van der Waals surface area (Å²) in [6.07, 6.45) is 0. The van der Waals surface area contributed by atoms with Crippen molar-refractivity contribution >= 4 is 11.8 Å². The molecule has 10 nitrogen and oxygen atoms in total. The van der Waals surface area contributed by atoms with Crippen LogP contribution in [-0.2, 0) is 0 Å². The number of tetrazole rings is 1. The van der Waals surface area contributed by atoms with Gasteiger partial charge in [0, 0.05) is 25.7 Å². The number of hydrogen-bond acceptors (Lipinski definition) is 7. The van der Waals surface area contributed by atoms with Gasteiger partial charge in [-0.05, 0) is 37.3 Å². The quantitative estimate of drug-likeness (QED) is 0.608. The predicted octanol–water partition coefficient (Wildman–Crippen LogP) is 1.58. The number of nitrogens with zero attached hydrogens (tertiary/aromatic N) is 7. The zero-order chi connectivity index (χ0) is 22.9. The van der Waals surface area contributed by atoms with Crippen molar-refractivity contribution < 1.29 is 18.7 Å². The summed E-state index contributed by atoms with van der Waals surface area (Å²) in [7, 11) is 1.49. The molecule has 1 aliphatic heterocycles. The van der Waals surface area contributed by atoms with E-state index in [2.05, 4.69) is 20.4 Å². The van der Waals surface area contributed by atoms with Crippen LogP contribution in [0.3, 0.4) is 0 Å². The molecule has 0 aliphatic carbocycles. The minimum atomic E-state index is -0.701. The number of hydrogen-bond donors (Lipinski definition) is 0. The maximum Gasteiger partial charge on any atom is 0.296 e. The maximum absolute atomic E-state index is 14.0. The molecule has 3 heterocycles. The normalized spacial score (nSPS) is 15.5. The molecule has 0 atom stereocenters. The Bertz CT molecular complexity index is 1160. The number of benzene rings is 1. The summed E-state index contributed by atoms with van der Waals surface area (Å²) in [5, 5.41) is 11.7. The van der Waals surface area contributed by atoms with E-state index in [9.17, 15) is 14.0 Å². The van der Waals surface area contributed by atoms with Gasteiger partial charge in [0.15, 0.2) is 5.82 Å². The number of amides is 2. The Balaban J connectivity index is 1.50. The first-order chi connectivity index (χ1) is 15.3. The molecule has 1 aromatic carbocycles. The maximum atomic E-state index is 14.0. The van der Waals surface area contributed by atoms with Crippen LogP contribution in [0.1, 0.15) is 35.0 Å². The minimum Gasteiger partial charge on any atom is -0.481 e. The molecule has 166 valence electrons. The van der Waals surface area contributed by atoms with E-state index >= 15 is 0 Å². The van der Waals surface area contributed by atoms with Gasteiger partial charge < -0.3 is 14.5 Å². The molecule has 11 heteroatoms. The van der Waals surface area contributed by atoms with Crippen LogP contribution in [0.4, 0.5) is 4.39 Å². The smallest absolute Gasteiger partial charge is 0.296 e. The van der Waals surface area contributed by atoms with Gasteiger partial charge in [-0.1, -0.05) is 18.2 Å². The fraction of sp³-hybridized carbons (Fsp3) is 0.333. The van der Waals surface area contributed by atoms with Crippen molar-refractivity contribution in [3.63, 3.8) is 0 Å². The van der Waals surface area contributed by atoms with Crippen molar-refractivity contribution in [2.75, 3.05) is 26.7 Å². The lowest BCUT2D eigenvalue weighted by molar-refractivity contribution is 0.0158. The fourth-order valence-electron chi connectivity index (χ4n) is 3.65. The largest absolute Gasteiger partial charge is 0.481 e. The van der Waals surface area contributed by atoms with Gasteiger partial charge in [0.2, 0.25) is 5.88 Å². The zero-order valence-electron chi connectivity index (χ0n) is 17.9. The van der Waals surface area contributed by atoms with Crippen molar-refractivity contribution in [1.82, 2.24) is 35.0 Å². The van der Waals surface area contributed by atoms with Gasteiger partial charge in [-0.15, -0.1) is 15.0 Å². The zero-order valence-corrected chi connectivity index (χ0v) is 17.9. The summed E-state index contributed by atoms with van der Waals surface area (Å²) in [4.78, 5) is 34.5. The molecule has 0 unspecified atom stereocenters. The van der Waals surface area contributed by atoms with Gasteiger partial charge in [0.25, 0.3) is 17.6 Å². The summed E-state index contributed by atoms with van der Waals surface area (Å²) >= 11 is 0.